The highest BCUT2D eigenvalue weighted by Gasteiger charge is 2.36. The number of nitrogens with one attached hydrogen (secondary N) is 2. The molecule has 1 aromatic heterocycles. The molecule has 28 heavy (non-hydrogen) atoms. The molecule has 0 atom stereocenters. The molecule has 140 valence electrons. The van der Waals surface area contributed by atoms with Gasteiger partial charge in [-0.2, -0.15) is 0 Å². The van der Waals surface area contributed by atoms with Gasteiger partial charge in [0.25, 0.3) is 17.4 Å². The van der Waals surface area contributed by atoms with Crippen molar-refractivity contribution in [3.05, 3.63) is 81.1 Å². The second kappa shape index (κ2) is 6.77. The Labute approximate surface area is 160 Å². The number of carbonyl (C=O) groups excluding carboxylic acids is 3. The summed E-state index contributed by atoms with van der Waals surface area (Å²) in [6.45, 7) is 1.56. The fourth-order valence-corrected chi connectivity index (χ4v) is 3.28. The average molecular weight is 375 g/mol. The quantitative estimate of drug-likeness (QED) is 0.679. The number of amides is 3. The molecule has 7 nitrogen and oxygen atoms in total. The number of fused-ring (bicyclic) bond motifs is 2. The fraction of sp³-hybridized carbons (Fsp3) is 0.143. The number of aromatic amines is 1. The third-order valence-electron chi connectivity index (χ3n) is 4.73. The van der Waals surface area contributed by atoms with E-state index >= 15 is 0 Å². The number of hydrogen-bond acceptors (Lipinski definition) is 4. The molecule has 7 heteroatoms. The minimum absolute atomic E-state index is 0.00121. The second-order valence-electron chi connectivity index (χ2n) is 6.73. The lowest BCUT2D eigenvalue weighted by Gasteiger charge is -2.13. The van der Waals surface area contributed by atoms with Crippen LogP contribution in [0.3, 0.4) is 0 Å². The summed E-state index contributed by atoms with van der Waals surface area (Å²) >= 11 is 0. The summed E-state index contributed by atoms with van der Waals surface area (Å²) in [5, 5.41) is 3.47. The molecule has 0 saturated heterocycles. The number of nitrogens with zero attached hydrogens (tertiary/aromatic N) is 1. The number of benzene rings is 2. The summed E-state index contributed by atoms with van der Waals surface area (Å²) in [7, 11) is 0. The van der Waals surface area contributed by atoms with Crippen molar-refractivity contribution in [3.8, 4) is 0 Å². The number of H-pyrrole nitrogens is 1. The van der Waals surface area contributed by atoms with Crippen molar-refractivity contribution in [3.63, 3.8) is 0 Å². The summed E-state index contributed by atoms with van der Waals surface area (Å²) in [6, 6.07) is 13.9. The Morgan fingerprint density at radius 1 is 1.00 bits per heavy atom. The maximum Gasteiger partial charge on any atom is 0.262 e. The molecule has 2 N–H and O–H groups in total. The summed E-state index contributed by atoms with van der Waals surface area (Å²) in [6.07, 6.45) is 0. The zero-order valence-corrected chi connectivity index (χ0v) is 15.1. The molecule has 3 aromatic rings. The van der Waals surface area contributed by atoms with E-state index in [0.717, 1.165) is 21.4 Å². The van der Waals surface area contributed by atoms with E-state index in [1.807, 2.05) is 25.1 Å². The van der Waals surface area contributed by atoms with Crippen molar-refractivity contribution in [1.82, 2.24) is 15.2 Å². The van der Waals surface area contributed by atoms with Gasteiger partial charge < -0.3 is 10.3 Å². The lowest BCUT2D eigenvalue weighted by Crippen LogP contribution is -2.40. The molecule has 0 bridgehead atoms. The number of pyridine rings is 1. The smallest absolute Gasteiger partial charge is 0.262 e. The number of aromatic nitrogens is 1. The average Bonchev–Trinajstić information content (AvgIpc) is 2.92. The number of rotatable bonds is 4. The topological polar surface area (TPSA) is 99.3 Å². The van der Waals surface area contributed by atoms with E-state index in [1.54, 1.807) is 30.3 Å². The molecule has 1 aliphatic rings. The van der Waals surface area contributed by atoms with Crippen LogP contribution in [0.15, 0.2) is 53.3 Å². The molecule has 0 spiro atoms. The third kappa shape index (κ3) is 3.07. The highest BCUT2D eigenvalue weighted by Crippen LogP contribution is 2.22. The Morgan fingerprint density at radius 2 is 1.68 bits per heavy atom. The van der Waals surface area contributed by atoms with Crippen LogP contribution in [0.4, 0.5) is 0 Å². The molecule has 0 saturated carbocycles. The van der Waals surface area contributed by atoms with Gasteiger partial charge in [0, 0.05) is 17.6 Å². The minimum atomic E-state index is -0.516. The van der Waals surface area contributed by atoms with Gasteiger partial charge in [0.2, 0.25) is 5.91 Å². The molecule has 3 amide bonds. The van der Waals surface area contributed by atoms with E-state index < -0.39 is 24.3 Å². The first-order chi connectivity index (χ1) is 13.4. The van der Waals surface area contributed by atoms with Crippen molar-refractivity contribution in [2.75, 3.05) is 6.54 Å². The molecular weight excluding hydrogens is 358 g/mol. The van der Waals surface area contributed by atoms with Crippen LogP contribution >= 0.6 is 0 Å². The normalized spacial score (nSPS) is 13.1. The third-order valence-corrected chi connectivity index (χ3v) is 4.73. The van der Waals surface area contributed by atoms with Crippen LogP contribution in [0.1, 0.15) is 31.8 Å². The molecule has 1 aliphatic heterocycles. The Morgan fingerprint density at radius 3 is 2.36 bits per heavy atom. The molecule has 0 fully saturated rings. The number of aryl methyl sites for hydroxylation is 1. The Hall–Kier alpha value is -3.74. The molecule has 4 rings (SSSR count). The maximum atomic E-state index is 12.3. The zero-order valence-electron chi connectivity index (χ0n) is 15.1. The van der Waals surface area contributed by atoms with Gasteiger partial charge in [-0.05, 0) is 42.6 Å². The van der Waals surface area contributed by atoms with Gasteiger partial charge in [-0.1, -0.05) is 23.8 Å². The van der Waals surface area contributed by atoms with Gasteiger partial charge in [-0.15, -0.1) is 0 Å². The van der Waals surface area contributed by atoms with Crippen molar-refractivity contribution < 1.29 is 14.4 Å². The van der Waals surface area contributed by atoms with E-state index in [4.69, 9.17) is 0 Å². The summed E-state index contributed by atoms with van der Waals surface area (Å²) < 4.78 is 0. The number of imide groups is 1. The second-order valence-corrected chi connectivity index (χ2v) is 6.73. The van der Waals surface area contributed by atoms with E-state index in [9.17, 15) is 19.2 Å². The van der Waals surface area contributed by atoms with Crippen LogP contribution in [0.2, 0.25) is 0 Å². The Kier molecular flexibility index (Phi) is 4.27. The van der Waals surface area contributed by atoms with Gasteiger partial charge in [0.1, 0.15) is 6.54 Å². The zero-order chi connectivity index (χ0) is 19.8. The van der Waals surface area contributed by atoms with Crippen molar-refractivity contribution in [2.45, 2.75) is 13.5 Å². The monoisotopic (exact) mass is 375 g/mol. The van der Waals surface area contributed by atoms with Crippen molar-refractivity contribution in [2.24, 2.45) is 0 Å². The first kappa shape index (κ1) is 17.7. The van der Waals surface area contributed by atoms with E-state index in [1.165, 1.54) is 0 Å². The van der Waals surface area contributed by atoms with Crippen LogP contribution in [-0.2, 0) is 11.3 Å². The predicted molar refractivity (Wildman–Crippen MR) is 103 cm³/mol. The molecule has 2 heterocycles. The van der Waals surface area contributed by atoms with Crippen LogP contribution in [-0.4, -0.2) is 34.2 Å². The summed E-state index contributed by atoms with van der Waals surface area (Å²) in [4.78, 5) is 52.8. The van der Waals surface area contributed by atoms with Gasteiger partial charge in [0.15, 0.2) is 0 Å². The van der Waals surface area contributed by atoms with Gasteiger partial charge in [-0.25, -0.2) is 0 Å². The fourth-order valence-electron chi connectivity index (χ4n) is 3.28. The van der Waals surface area contributed by atoms with Crippen LogP contribution in [0.25, 0.3) is 10.9 Å². The summed E-state index contributed by atoms with van der Waals surface area (Å²) in [5.41, 5.74) is 2.46. The number of hydrogen-bond donors (Lipinski definition) is 2. The largest absolute Gasteiger partial charge is 0.350 e. The standard InChI is InChI=1S/C21H17N3O4/c1-12-6-7-17-13(8-12)9-14(19(26)23-17)10-22-18(25)11-24-20(27)15-4-2-3-5-16(15)21(24)28/h2-9H,10-11H2,1H3,(H,22,25)(H,23,26). The molecular formula is C21H17N3O4. The van der Waals surface area contributed by atoms with E-state index in [-0.39, 0.29) is 12.1 Å². The first-order valence-corrected chi connectivity index (χ1v) is 8.78. The van der Waals surface area contributed by atoms with Crippen LogP contribution in [0, 0.1) is 6.92 Å². The molecule has 0 unspecified atom stereocenters. The molecule has 0 radical (unpaired) electrons. The van der Waals surface area contributed by atoms with Gasteiger partial charge in [0.05, 0.1) is 11.1 Å². The van der Waals surface area contributed by atoms with Crippen molar-refractivity contribution in [1.29, 1.82) is 0 Å². The van der Waals surface area contributed by atoms with Gasteiger partial charge in [-0.3, -0.25) is 24.1 Å². The maximum absolute atomic E-state index is 12.3. The number of carbonyl (C=O) groups is 3. The highest BCUT2D eigenvalue weighted by atomic mass is 16.2. The SMILES string of the molecule is Cc1ccc2[nH]c(=O)c(CNC(=O)CN3C(=O)c4ccccc4C3=O)cc2c1. The highest BCUT2D eigenvalue weighted by molar-refractivity contribution is 6.22. The first-order valence-electron chi connectivity index (χ1n) is 8.78. The minimum Gasteiger partial charge on any atom is -0.350 e. The lowest BCUT2D eigenvalue weighted by molar-refractivity contribution is -0.121. The van der Waals surface area contributed by atoms with Crippen molar-refractivity contribution >= 4 is 28.6 Å². The lowest BCUT2D eigenvalue weighted by atomic mass is 10.1. The Bertz CT molecular complexity index is 1160. The summed E-state index contributed by atoms with van der Waals surface area (Å²) in [5.74, 6) is -1.50. The predicted octanol–water partition coefficient (Wildman–Crippen LogP) is 1.75. The Balaban J connectivity index is 1.46. The molecule has 2 aromatic carbocycles. The van der Waals surface area contributed by atoms with E-state index in [2.05, 4.69) is 10.3 Å². The van der Waals surface area contributed by atoms with Crippen LogP contribution in [0.5, 0.6) is 0 Å². The van der Waals surface area contributed by atoms with Gasteiger partial charge >= 0.3 is 0 Å². The van der Waals surface area contributed by atoms with E-state index in [0.29, 0.717) is 16.7 Å². The molecule has 0 aliphatic carbocycles. The van der Waals surface area contributed by atoms with Crippen LogP contribution < -0.4 is 10.9 Å².